The van der Waals surface area contributed by atoms with Crippen molar-refractivity contribution < 1.29 is 14.6 Å². The van der Waals surface area contributed by atoms with E-state index >= 15 is 0 Å². The van der Waals surface area contributed by atoms with Gasteiger partial charge in [0, 0.05) is 11.5 Å². The van der Waals surface area contributed by atoms with Crippen molar-refractivity contribution in [2.45, 2.75) is 19.8 Å². The average Bonchev–Trinajstić information content (AvgIpc) is 2.36. The van der Waals surface area contributed by atoms with Crippen LogP contribution in [0.2, 0.25) is 0 Å². The summed E-state index contributed by atoms with van der Waals surface area (Å²) in [6.07, 6.45) is 0. The Bertz CT molecular complexity index is 608. The van der Waals surface area contributed by atoms with Crippen molar-refractivity contribution in [3.8, 4) is 5.75 Å². The van der Waals surface area contributed by atoms with Gasteiger partial charge in [-0.2, -0.15) is 0 Å². The molecule has 94 valence electrons. The minimum Gasteiger partial charge on any atom is -0.497 e. The van der Waals surface area contributed by atoms with Crippen molar-refractivity contribution in [2.75, 3.05) is 7.11 Å². The summed E-state index contributed by atoms with van der Waals surface area (Å²) >= 11 is 0. The monoisotopic (exact) mass is 246 g/mol. The number of rotatable bonds is 3. The summed E-state index contributed by atoms with van der Waals surface area (Å²) in [4.78, 5) is 19.2. The van der Waals surface area contributed by atoms with Crippen molar-refractivity contribution in [1.82, 2.24) is 9.97 Å². The molecule has 1 aromatic heterocycles. The van der Waals surface area contributed by atoms with Crippen molar-refractivity contribution in [3.63, 3.8) is 0 Å². The van der Waals surface area contributed by atoms with E-state index in [2.05, 4.69) is 9.97 Å². The van der Waals surface area contributed by atoms with Crippen LogP contribution in [0, 0.1) is 0 Å². The van der Waals surface area contributed by atoms with E-state index in [1.807, 2.05) is 26.0 Å². The maximum absolute atomic E-state index is 11.0. The Kier molecular flexibility index (Phi) is 3.14. The molecule has 1 aromatic carbocycles. The van der Waals surface area contributed by atoms with Crippen LogP contribution >= 0.6 is 0 Å². The maximum Gasteiger partial charge on any atom is 0.373 e. The summed E-state index contributed by atoms with van der Waals surface area (Å²) in [7, 11) is 1.56. The van der Waals surface area contributed by atoms with Gasteiger partial charge in [-0.15, -0.1) is 0 Å². The Morgan fingerprint density at radius 2 is 2.06 bits per heavy atom. The molecule has 2 rings (SSSR count). The molecule has 0 amide bonds. The minimum atomic E-state index is -1.12. The highest BCUT2D eigenvalue weighted by Gasteiger charge is 2.15. The van der Waals surface area contributed by atoms with E-state index in [-0.39, 0.29) is 11.7 Å². The number of aromatic nitrogens is 2. The topological polar surface area (TPSA) is 72.3 Å². The first-order chi connectivity index (χ1) is 8.52. The number of hydrogen-bond acceptors (Lipinski definition) is 4. The number of carboxylic acid groups (broad SMARTS) is 1. The molecule has 0 aliphatic rings. The largest absolute Gasteiger partial charge is 0.497 e. The van der Waals surface area contributed by atoms with Gasteiger partial charge in [0.25, 0.3) is 0 Å². The minimum absolute atomic E-state index is 0.127. The lowest BCUT2D eigenvalue weighted by Crippen LogP contribution is -2.08. The second kappa shape index (κ2) is 4.60. The lowest BCUT2D eigenvalue weighted by molar-refractivity contribution is 0.0683. The standard InChI is InChI=1S/C13H14N2O3/c1-7(2)11-9-5-4-8(18-3)6-10(9)14-12(15-11)13(16)17/h4-7H,1-3H3,(H,16,17). The van der Waals surface area contributed by atoms with Crippen LogP contribution in [0.5, 0.6) is 5.75 Å². The van der Waals surface area contributed by atoms with E-state index in [1.54, 1.807) is 13.2 Å². The lowest BCUT2D eigenvalue weighted by atomic mass is 10.0. The molecule has 0 spiro atoms. The summed E-state index contributed by atoms with van der Waals surface area (Å²) in [5.41, 5.74) is 1.32. The van der Waals surface area contributed by atoms with Gasteiger partial charge in [-0.1, -0.05) is 13.8 Å². The van der Waals surface area contributed by atoms with Gasteiger partial charge in [0.2, 0.25) is 5.82 Å². The van der Waals surface area contributed by atoms with Crippen LogP contribution in [-0.2, 0) is 0 Å². The zero-order valence-electron chi connectivity index (χ0n) is 10.5. The SMILES string of the molecule is COc1ccc2c(C(C)C)nc(C(=O)O)nc2c1. The number of fused-ring (bicyclic) bond motifs is 1. The van der Waals surface area contributed by atoms with E-state index in [0.29, 0.717) is 11.3 Å². The molecule has 0 aliphatic carbocycles. The smallest absolute Gasteiger partial charge is 0.373 e. The molecule has 0 saturated heterocycles. The Labute approximate surface area is 104 Å². The van der Waals surface area contributed by atoms with E-state index in [9.17, 15) is 4.79 Å². The maximum atomic E-state index is 11.0. The molecular formula is C13H14N2O3. The Morgan fingerprint density at radius 3 is 2.61 bits per heavy atom. The fourth-order valence-corrected chi connectivity index (χ4v) is 1.80. The van der Waals surface area contributed by atoms with Crippen LogP contribution in [0.3, 0.4) is 0 Å². The fraction of sp³-hybridized carbons (Fsp3) is 0.308. The van der Waals surface area contributed by atoms with Gasteiger partial charge in [0.15, 0.2) is 0 Å². The zero-order valence-corrected chi connectivity index (χ0v) is 10.5. The lowest BCUT2D eigenvalue weighted by Gasteiger charge is -2.10. The average molecular weight is 246 g/mol. The summed E-state index contributed by atoms with van der Waals surface area (Å²) in [5, 5.41) is 9.88. The van der Waals surface area contributed by atoms with Gasteiger partial charge in [-0.25, -0.2) is 14.8 Å². The molecule has 1 N–H and O–H groups in total. The van der Waals surface area contributed by atoms with E-state index in [0.717, 1.165) is 11.1 Å². The summed E-state index contributed by atoms with van der Waals surface area (Å²) in [5.74, 6) is -0.532. The first-order valence-electron chi connectivity index (χ1n) is 5.62. The summed E-state index contributed by atoms with van der Waals surface area (Å²) in [6, 6.07) is 5.39. The molecule has 0 atom stereocenters. The normalized spacial score (nSPS) is 10.9. The van der Waals surface area contributed by atoms with Crippen LogP contribution in [0.15, 0.2) is 18.2 Å². The molecule has 18 heavy (non-hydrogen) atoms. The molecule has 2 aromatic rings. The Morgan fingerprint density at radius 1 is 1.33 bits per heavy atom. The summed E-state index contributed by atoms with van der Waals surface area (Å²) in [6.45, 7) is 3.94. The third-order valence-corrected chi connectivity index (χ3v) is 2.67. The molecule has 1 heterocycles. The molecule has 0 fully saturated rings. The second-order valence-corrected chi connectivity index (χ2v) is 4.28. The third kappa shape index (κ3) is 2.11. The van der Waals surface area contributed by atoms with Crippen LogP contribution < -0.4 is 4.74 Å². The van der Waals surface area contributed by atoms with Gasteiger partial charge in [0.1, 0.15) is 5.75 Å². The van der Waals surface area contributed by atoms with E-state index < -0.39 is 5.97 Å². The molecule has 0 radical (unpaired) electrons. The first-order valence-corrected chi connectivity index (χ1v) is 5.62. The first kappa shape index (κ1) is 12.3. The van der Waals surface area contributed by atoms with Crippen molar-refractivity contribution in [1.29, 1.82) is 0 Å². The molecule has 0 bridgehead atoms. The summed E-state index contributed by atoms with van der Waals surface area (Å²) < 4.78 is 5.12. The number of methoxy groups -OCH3 is 1. The number of nitrogens with zero attached hydrogens (tertiary/aromatic N) is 2. The molecule has 5 nitrogen and oxygen atoms in total. The molecule has 0 unspecified atom stereocenters. The highest BCUT2D eigenvalue weighted by atomic mass is 16.5. The van der Waals surface area contributed by atoms with Crippen LogP contribution in [0.4, 0.5) is 0 Å². The fourth-order valence-electron chi connectivity index (χ4n) is 1.80. The van der Waals surface area contributed by atoms with Gasteiger partial charge in [0.05, 0.1) is 18.3 Å². The predicted octanol–water partition coefficient (Wildman–Crippen LogP) is 2.46. The van der Waals surface area contributed by atoms with Gasteiger partial charge in [-0.05, 0) is 18.1 Å². The van der Waals surface area contributed by atoms with Crippen LogP contribution in [0.25, 0.3) is 10.9 Å². The number of hydrogen-bond donors (Lipinski definition) is 1. The number of aromatic carboxylic acids is 1. The van der Waals surface area contributed by atoms with Crippen molar-refractivity contribution in [2.24, 2.45) is 0 Å². The molecule has 0 aliphatic heterocycles. The Balaban J connectivity index is 2.76. The molecule has 0 saturated carbocycles. The van der Waals surface area contributed by atoms with E-state index in [4.69, 9.17) is 9.84 Å². The second-order valence-electron chi connectivity index (χ2n) is 4.28. The van der Waals surface area contributed by atoms with Gasteiger partial charge < -0.3 is 9.84 Å². The highest BCUT2D eigenvalue weighted by molar-refractivity contribution is 5.89. The number of benzene rings is 1. The van der Waals surface area contributed by atoms with Crippen LogP contribution in [0.1, 0.15) is 36.1 Å². The molecule has 5 heteroatoms. The number of ether oxygens (including phenoxy) is 1. The number of carbonyl (C=O) groups is 1. The third-order valence-electron chi connectivity index (χ3n) is 2.67. The molecular weight excluding hydrogens is 232 g/mol. The van der Waals surface area contributed by atoms with Gasteiger partial charge in [-0.3, -0.25) is 0 Å². The van der Waals surface area contributed by atoms with Crippen molar-refractivity contribution >= 4 is 16.9 Å². The Hall–Kier alpha value is -2.17. The zero-order chi connectivity index (χ0) is 13.3. The quantitative estimate of drug-likeness (QED) is 0.900. The predicted molar refractivity (Wildman–Crippen MR) is 67.1 cm³/mol. The van der Waals surface area contributed by atoms with Crippen molar-refractivity contribution in [3.05, 3.63) is 29.7 Å². The number of carboxylic acids is 1. The van der Waals surface area contributed by atoms with Gasteiger partial charge >= 0.3 is 5.97 Å². The highest BCUT2D eigenvalue weighted by Crippen LogP contribution is 2.25. The van der Waals surface area contributed by atoms with E-state index in [1.165, 1.54) is 0 Å². The van der Waals surface area contributed by atoms with Crippen LogP contribution in [-0.4, -0.2) is 28.2 Å².